The van der Waals surface area contributed by atoms with Crippen molar-refractivity contribution in [2.45, 2.75) is 0 Å². The minimum atomic E-state index is -0.104. The van der Waals surface area contributed by atoms with Gasteiger partial charge in [0.1, 0.15) is 16.8 Å². The first-order valence-corrected chi connectivity index (χ1v) is 9.33. The standard InChI is InChI=1S/C19H20ClN5O3/c1-27-16-5-3-15(4-6-16)23-8-10-24(11-9-23)19(26)13-28-25-18-12-14(20)2-7-17(18)21-22-25/h2-7,12H,8-11,13H2,1H3. The summed E-state index contributed by atoms with van der Waals surface area (Å²) in [5.74, 6) is 0.747. The molecule has 0 unspecified atom stereocenters. The second-order valence-corrected chi connectivity index (χ2v) is 6.87. The molecular weight excluding hydrogens is 382 g/mol. The molecule has 2 aromatic carbocycles. The Hall–Kier alpha value is -3.00. The number of fused-ring (bicyclic) bond motifs is 1. The van der Waals surface area contributed by atoms with Gasteiger partial charge >= 0.3 is 0 Å². The van der Waals surface area contributed by atoms with Gasteiger partial charge in [-0.1, -0.05) is 16.4 Å². The lowest BCUT2D eigenvalue weighted by Gasteiger charge is -2.36. The maximum absolute atomic E-state index is 12.5. The maximum Gasteiger partial charge on any atom is 0.263 e. The van der Waals surface area contributed by atoms with E-state index in [1.54, 1.807) is 30.2 Å². The van der Waals surface area contributed by atoms with Crippen LogP contribution in [0.3, 0.4) is 0 Å². The van der Waals surface area contributed by atoms with E-state index >= 15 is 0 Å². The number of rotatable bonds is 5. The van der Waals surface area contributed by atoms with Crippen molar-refractivity contribution in [1.82, 2.24) is 20.1 Å². The first-order chi connectivity index (χ1) is 13.6. The number of carbonyl (C=O) groups excluding carboxylic acids is 1. The van der Waals surface area contributed by atoms with Gasteiger partial charge in [0.25, 0.3) is 5.91 Å². The Kier molecular flexibility index (Phi) is 5.21. The van der Waals surface area contributed by atoms with Crippen LogP contribution in [-0.2, 0) is 4.79 Å². The van der Waals surface area contributed by atoms with Gasteiger partial charge in [-0.05, 0) is 47.7 Å². The van der Waals surface area contributed by atoms with Crippen molar-refractivity contribution in [2.24, 2.45) is 0 Å². The number of ether oxygens (including phenoxy) is 1. The molecule has 3 aromatic rings. The number of hydrogen-bond acceptors (Lipinski definition) is 6. The Morgan fingerprint density at radius 2 is 1.86 bits per heavy atom. The van der Waals surface area contributed by atoms with Crippen molar-refractivity contribution in [1.29, 1.82) is 0 Å². The molecule has 1 amide bonds. The van der Waals surface area contributed by atoms with Crippen molar-refractivity contribution in [3.63, 3.8) is 0 Å². The monoisotopic (exact) mass is 401 g/mol. The van der Waals surface area contributed by atoms with E-state index in [2.05, 4.69) is 15.2 Å². The Morgan fingerprint density at radius 3 is 2.57 bits per heavy atom. The third-order valence-electron chi connectivity index (χ3n) is 4.76. The fourth-order valence-corrected chi connectivity index (χ4v) is 3.35. The molecular formula is C19H20ClN5O3. The van der Waals surface area contributed by atoms with Gasteiger partial charge < -0.3 is 19.4 Å². The predicted octanol–water partition coefficient (Wildman–Crippen LogP) is 1.87. The molecule has 1 fully saturated rings. The smallest absolute Gasteiger partial charge is 0.263 e. The summed E-state index contributed by atoms with van der Waals surface area (Å²) in [6.07, 6.45) is 0. The summed E-state index contributed by atoms with van der Waals surface area (Å²) in [6.45, 7) is 2.70. The van der Waals surface area contributed by atoms with Crippen LogP contribution in [0, 0.1) is 0 Å². The fraction of sp³-hybridized carbons (Fsp3) is 0.316. The number of carbonyl (C=O) groups is 1. The molecule has 9 heteroatoms. The molecule has 0 radical (unpaired) electrons. The maximum atomic E-state index is 12.5. The quantitative estimate of drug-likeness (QED) is 0.650. The average molecular weight is 402 g/mol. The Labute approximate surface area is 167 Å². The molecule has 1 aliphatic rings. The molecule has 28 heavy (non-hydrogen) atoms. The van der Waals surface area contributed by atoms with Crippen LogP contribution in [0.4, 0.5) is 5.69 Å². The number of methoxy groups -OCH3 is 1. The molecule has 0 N–H and O–H groups in total. The molecule has 4 rings (SSSR count). The number of anilines is 1. The third kappa shape index (κ3) is 3.82. The normalized spacial score (nSPS) is 14.4. The van der Waals surface area contributed by atoms with E-state index in [1.807, 2.05) is 24.3 Å². The fourth-order valence-electron chi connectivity index (χ4n) is 3.18. The van der Waals surface area contributed by atoms with Gasteiger partial charge in [0.15, 0.2) is 6.61 Å². The van der Waals surface area contributed by atoms with Crippen LogP contribution in [0.1, 0.15) is 0 Å². The zero-order valence-electron chi connectivity index (χ0n) is 15.4. The number of aromatic nitrogens is 3. The highest BCUT2D eigenvalue weighted by Crippen LogP contribution is 2.20. The zero-order valence-corrected chi connectivity index (χ0v) is 16.2. The molecule has 0 bridgehead atoms. The molecule has 8 nitrogen and oxygen atoms in total. The minimum absolute atomic E-state index is 0.0833. The summed E-state index contributed by atoms with van der Waals surface area (Å²) in [6, 6.07) is 13.1. The van der Waals surface area contributed by atoms with Gasteiger partial charge in [0.2, 0.25) is 0 Å². The van der Waals surface area contributed by atoms with E-state index in [1.165, 1.54) is 4.85 Å². The summed E-state index contributed by atoms with van der Waals surface area (Å²) in [5.41, 5.74) is 2.41. The summed E-state index contributed by atoms with van der Waals surface area (Å²) in [4.78, 5) is 23.3. The van der Waals surface area contributed by atoms with Gasteiger partial charge in [-0.2, -0.15) is 0 Å². The summed E-state index contributed by atoms with van der Waals surface area (Å²) >= 11 is 6.00. The Balaban J connectivity index is 1.31. The molecule has 0 spiro atoms. The van der Waals surface area contributed by atoms with E-state index in [-0.39, 0.29) is 12.5 Å². The molecule has 2 heterocycles. The molecule has 1 aliphatic heterocycles. The van der Waals surface area contributed by atoms with Crippen molar-refractivity contribution in [3.8, 4) is 5.75 Å². The highest BCUT2D eigenvalue weighted by molar-refractivity contribution is 6.31. The van der Waals surface area contributed by atoms with E-state index in [4.69, 9.17) is 21.2 Å². The van der Waals surface area contributed by atoms with Gasteiger partial charge in [0.05, 0.1) is 7.11 Å². The highest BCUT2D eigenvalue weighted by Gasteiger charge is 2.22. The lowest BCUT2D eigenvalue weighted by molar-refractivity contribution is -0.137. The van der Waals surface area contributed by atoms with Crippen molar-refractivity contribution < 1.29 is 14.4 Å². The first kappa shape index (κ1) is 18.4. The van der Waals surface area contributed by atoms with Crippen LogP contribution in [0.2, 0.25) is 5.02 Å². The molecule has 0 aliphatic carbocycles. The van der Waals surface area contributed by atoms with Gasteiger partial charge in [0, 0.05) is 36.9 Å². The largest absolute Gasteiger partial charge is 0.497 e. The number of nitrogens with zero attached hydrogens (tertiary/aromatic N) is 5. The van der Waals surface area contributed by atoms with Crippen molar-refractivity contribution in [3.05, 3.63) is 47.5 Å². The summed E-state index contributed by atoms with van der Waals surface area (Å²) in [7, 11) is 1.65. The van der Waals surface area contributed by atoms with Crippen LogP contribution >= 0.6 is 11.6 Å². The third-order valence-corrected chi connectivity index (χ3v) is 4.99. The predicted molar refractivity (Wildman–Crippen MR) is 106 cm³/mol. The van der Waals surface area contributed by atoms with Crippen LogP contribution < -0.4 is 14.5 Å². The van der Waals surface area contributed by atoms with Crippen LogP contribution in [-0.4, -0.2) is 65.9 Å². The molecule has 0 atom stereocenters. The minimum Gasteiger partial charge on any atom is -0.497 e. The van der Waals surface area contributed by atoms with Crippen molar-refractivity contribution >= 4 is 34.2 Å². The second kappa shape index (κ2) is 7.93. The Bertz CT molecular complexity index is 967. The summed E-state index contributed by atoms with van der Waals surface area (Å²) < 4.78 is 5.19. The van der Waals surface area contributed by atoms with Crippen LogP contribution in [0.25, 0.3) is 11.0 Å². The number of benzene rings is 2. The first-order valence-electron chi connectivity index (χ1n) is 8.95. The average Bonchev–Trinajstić information content (AvgIpc) is 3.14. The second-order valence-electron chi connectivity index (χ2n) is 6.43. The molecule has 1 aromatic heterocycles. The van der Waals surface area contributed by atoms with Crippen LogP contribution in [0.15, 0.2) is 42.5 Å². The lowest BCUT2D eigenvalue weighted by atomic mass is 10.2. The van der Waals surface area contributed by atoms with Crippen molar-refractivity contribution in [2.75, 3.05) is 44.8 Å². The number of amides is 1. The molecule has 146 valence electrons. The Morgan fingerprint density at radius 1 is 1.11 bits per heavy atom. The number of hydrogen-bond donors (Lipinski definition) is 0. The van der Waals surface area contributed by atoms with Gasteiger partial charge in [-0.3, -0.25) is 4.79 Å². The van der Waals surface area contributed by atoms with E-state index in [9.17, 15) is 4.79 Å². The SMILES string of the molecule is COc1ccc(N2CCN(C(=O)COn3nnc4ccc(Cl)cc43)CC2)cc1. The van der Waals surface area contributed by atoms with Crippen LogP contribution in [0.5, 0.6) is 5.75 Å². The topological polar surface area (TPSA) is 72.7 Å². The summed E-state index contributed by atoms with van der Waals surface area (Å²) in [5, 5.41) is 8.47. The lowest BCUT2D eigenvalue weighted by Crippen LogP contribution is -2.50. The number of halogens is 1. The number of piperazine rings is 1. The van der Waals surface area contributed by atoms with Gasteiger partial charge in [-0.25, -0.2) is 0 Å². The molecule has 0 saturated carbocycles. The highest BCUT2D eigenvalue weighted by atomic mass is 35.5. The molecule has 1 saturated heterocycles. The van der Waals surface area contributed by atoms with Gasteiger partial charge in [-0.15, -0.1) is 5.10 Å². The van der Waals surface area contributed by atoms with E-state index in [0.717, 1.165) is 24.5 Å². The zero-order chi connectivity index (χ0) is 19.5. The van der Waals surface area contributed by atoms with E-state index in [0.29, 0.717) is 29.1 Å². The van der Waals surface area contributed by atoms with E-state index < -0.39 is 0 Å².